The molecule has 0 radical (unpaired) electrons. The smallest absolute Gasteiger partial charge is 0.374 e. The predicted octanol–water partition coefficient (Wildman–Crippen LogP) is 3.17. The highest BCUT2D eigenvalue weighted by Crippen LogP contribution is 2.40. The molecule has 4 rings (SSSR count). The van der Waals surface area contributed by atoms with E-state index in [1.807, 2.05) is 0 Å². The second-order valence-electron chi connectivity index (χ2n) is 8.33. The number of amides is 1. The van der Waals surface area contributed by atoms with E-state index in [4.69, 9.17) is 4.74 Å². The van der Waals surface area contributed by atoms with Gasteiger partial charge in [0.25, 0.3) is 0 Å². The highest BCUT2D eigenvalue weighted by atomic mass is 32.2. The molecule has 1 N–H and O–H groups in total. The largest absolute Gasteiger partial charge is 0.416 e. The van der Waals surface area contributed by atoms with E-state index in [9.17, 15) is 26.4 Å². The molecule has 2 aliphatic rings. The molecule has 1 amide bonds. The van der Waals surface area contributed by atoms with E-state index in [0.717, 1.165) is 35.9 Å². The quantitative estimate of drug-likeness (QED) is 0.722. The van der Waals surface area contributed by atoms with Gasteiger partial charge >= 0.3 is 12.2 Å². The number of halogens is 3. The average molecular weight is 472 g/mol. The summed E-state index contributed by atoms with van der Waals surface area (Å²) in [4.78, 5) is 14.4. The van der Waals surface area contributed by atoms with Crippen LogP contribution in [0.25, 0.3) is 0 Å². The Kier molecular flexibility index (Phi) is 5.93. The maximum atomic E-state index is 12.9. The van der Waals surface area contributed by atoms with Crippen LogP contribution in [-0.2, 0) is 27.5 Å². The normalized spacial score (nSPS) is 23.4. The van der Waals surface area contributed by atoms with Crippen LogP contribution in [0.1, 0.15) is 24.0 Å². The zero-order valence-corrected chi connectivity index (χ0v) is 18.1. The van der Waals surface area contributed by atoms with Crippen molar-refractivity contribution in [2.75, 3.05) is 24.1 Å². The maximum absolute atomic E-state index is 12.9. The van der Waals surface area contributed by atoms with Crippen molar-refractivity contribution in [3.05, 3.63) is 47.7 Å². The number of benzene rings is 1. The summed E-state index contributed by atoms with van der Waals surface area (Å²) >= 11 is 0. The lowest BCUT2D eigenvalue weighted by Crippen LogP contribution is -2.34. The number of hydrogen-bond acceptors (Lipinski definition) is 5. The van der Waals surface area contributed by atoms with Crippen molar-refractivity contribution >= 4 is 21.9 Å². The summed E-state index contributed by atoms with van der Waals surface area (Å²) in [5, 5.41) is 3.97. The molecule has 1 saturated heterocycles. The fourth-order valence-electron chi connectivity index (χ4n) is 4.41. The van der Waals surface area contributed by atoms with Crippen molar-refractivity contribution in [2.45, 2.75) is 31.7 Å². The number of ether oxygens (including phenoxy) is 1. The fourth-order valence-corrected chi connectivity index (χ4v) is 4.90. The first kappa shape index (κ1) is 22.6. The van der Waals surface area contributed by atoms with Gasteiger partial charge in [0, 0.05) is 25.4 Å². The third-order valence-electron chi connectivity index (χ3n) is 5.79. The zero-order valence-electron chi connectivity index (χ0n) is 17.2. The molecule has 8 nitrogen and oxygen atoms in total. The number of sulfonamides is 1. The molecular formula is C20H23F3N4O4S. The highest BCUT2D eigenvalue weighted by molar-refractivity contribution is 7.92. The maximum Gasteiger partial charge on any atom is 0.416 e. The number of hydrogen-bond donors (Lipinski definition) is 1. The molecule has 12 heteroatoms. The second kappa shape index (κ2) is 8.39. The van der Waals surface area contributed by atoms with Crippen LogP contribution in [0.3, 0.4) is 0 Å². The Bertz CT molecular complexity index is 1090. The Morgan fingerprint density at radius 3 is 2.53 bits per heavy atom. The molecule has 32 heavy (non-hydrogen) atoms. The summed E-state index contributed by atoms with van der Waals surface area (Å²) in [6.45, 7) is 1.17. The minimum absolute atomic E-state index is 0.0629. The molecule has 1 aliphatic heterocycles. The molecule has 1 aromatic carbocycles. The van der Waals surface area contributed by atoms with Gasteiger partial charge in [0.1, 0.15) is 0 Å². The number of nitrogens with one attached hydrogen (secondary N) is 1. The van der Waals surface area contributed by atoms with Crippen LogP contribution in [0.15, 0.2) is 36.5 Å². The van der Waals surface area contributed by atoms with Crippen LogP contribution in [0.5, 0.6) is 0 Å². The second-order valence-corrected chi connectivity index (χ2v) is 10.1. The van der Waals surface area contributed by atoms with Crippen molar-refractivity contribution < 1.29 is 31.1 Å². The number of carbonyl (C=O) groups excluding carboxylic acids is 1. The van der Waals surface area contributed by atoms with E-state index in [2.05, 4.69) is 9.82 Å². The minimum Gasteiger partial charge on any atom is -0.374 e. The van der Waals surface area contributed by atoms with Gasteiger partial charge in [-0.2, -0.15) is 17.9 Å². The first-order chi connectivity index (χ1) is 15.0. The third-order valence-corrected chi connectivity index (χ3v) is 6.37. The van der Waals surface area contributed by atoms with E-state index in [0.29, 0.717) is 18.7 Å². The van der Waals surface area contributed by atoms with Crippen molar-refractivity contribution in [3.63, 3.8) is 0 Å². The molecule has 1 unspecified atom stereocenters. The number of rotatable bonds is 5. The van der Waals surface area contributed by atoms with Crippen molar-refractivity contribution in [2.24, 2.45) is 11.8 Å². The lowest BCUT2D eigenvalue weighted by atomic mass is 10.0. The van der Waals surface area contributed by atoms with Gasteiger partial charge in [0.2, 0.25) is 10.0 Å². The van der Waals surface area contributed by atoms with Crippen LogP contribution in [-0.4, -0.2) is 54.6 Å². The molecule has 1 saturated carbocycles. The summed E-state index contributed by atoms with van der Waals surface area (Å²) < 4.78 is 70.3. The first-order valence-electron chi connectivity index (χ1n) is 10.1. The van der Waals surface area contributed by atoms with E-state index < -0.39 is 21.8 Å². The molecular weight excluding hydrogens is 449 g/mol. The molecule has 3 atom stereocenters. The van der Waals surface area contributed by atoms with Gasteiger partial charge in [-0.25, -0.2) is 13.2 Å². The van der Waals surface area contributed by atoms with Crippen LogP contribution in [0.2, 0.25) is 0 Å². The average Bonchev–Trinajstić information content (AvgIpc) is 3.39. The predicted molar refractivity (Wildman–Crippen MR) is 109 cm³/mol. The Labute approximate surface area is 183 Å². The Balaban J connectivity index is 1.29. The van der Waals surface area contributed by atoms with Crippen LogP contribution < -0.4 is 4.72 Å². The first-order valence-corrected chi connectivity index (χ1v) is 12.0. The van der Waals surface area contributed by atoms with Crippen molar-refractivity contribution in [3.8, 4) is 0 Å². The summed E-state index contributed by atoms with van der Waals surface area (Å²) in [5.41, 5.74) is -0.213. The van der Waals surface area contributed by atoms with Gasteiger partial charge in [-0.1, -0.05) is 12.1 Å². The monoisotopic (exact) mass is 472 g/mol. The van der Waals surface area contributed by atoms with E-state index in [-0.39, 0.29) is 36.4 Å². The van der Waals surface area contributed by atoms with Crippen LogP contribution in [0.4, 0.5) is 23.8 Å². The Morgan fingerprint density at radius 2 is 1.91 bits per heavy atom. The van der Waals surface area contributed by atoms with Crippen LogP contribution in [0, 0.1) is 11.8 Å². The van der Waals surface area contributed by atoms with Gasteiger partial charge in [-0.05, 0) is 42.4 Å². The Hall–Kier alpha value is -2.60. The van der Waals surface area contributed by atoms with Gasteiger partial charge < -0.3 is 9.64 Å². The summed E-state index contributed by atoms with van der Waals surface area (Å²) in [7, 11) is -3.48. The van der Waals surface area contributed by atoms with Gasteiger partial charge in [-0.3, -0.25) is 4.72 Å². The number of aromatic nitrogens is 2. The lowest BCUT2D eigenvalue weighted by Gasteiger charge is -2.19. The SMILES string of the molecule is CS(=O)(=O)Nc1ccn(C(=O)N2C[C@H]3CC(OCc4cccc(C(F)(F)F)c4)C[C@H]3C2)n1. The molecule has 2 fully saturated rings. The van der Waals surface area contributed by atoms with Gasteiger partial charge in [-0.15, -0.1) is 5.10 Å². The summed E-state index contributed by atoms with van der Waals surface area (Å²) in [6, 6.07) is 6.21. The van der Waals surface area contributed by atoms with E-state index in [1.54, 1.807) is 11.0 Å². The van der Waals surface area contributed by atoms with Crippen molar-refractivity contribution in [1.82, 2.24) is 14.7 Å². The molecule has 2 aromatic rings. The Morgan fingerprint density at radius 1 is 1.22 bits per heavy atom. The topological polar surface area (TPSA) is 93.5 Å². The van der Waals surface area contributed by atoms with Gasteiger partial charge in [0.05, 0.1) is 24.5 Å². The molecule has 1 aliphatic carbocycles. The minimum atomic E-state index is -4.38. The standard InChI is InChI=1S/C20H23F3N4O4S/c1-32(29,30)25-18-5-6-27(24-18)19(28)26-10-14-8-17(9-15(14)11-26)31-12-13-3-2-4-16(7-13)20(21,22)23/h2-7,14-15,17H,8-12H2,1H3,(H,24,25)/t14-,15+,17?. The highest BCUT2D eigenvalue weighted by Gasteiger charge is 2.43. The molecule has 0 bridgehead atoms. The number of likely N-dealkylation sites (tertiary alicyclic amines) is 1. The number of anilines is 1. The summed E-state index contributed by atoms with van der Waals surface area (Å²) in [5.74, 6) is 0.563. The number of fused-ring (bicyclic) bond motifs is 1. The fraction of sp³-hybridized carbons (Fsp3) is 0.500. The van der Waals surface area contributed by atoms with Crippen LogP contribution >= 0.6 is 0 Å². The molecule has 174 valence electrons. The molecule has 0 spiro atoms. The number of alkyl halides is 3. The summed E-state index contributed by atoms with van der Waals surface area (Å²) in [6.07, 6.45) is -0.577. The third kappa shape index (κ3) is 5.23. The van der Waals surface area contributed by atoms with Crippen molar-refractivity contribution in [1.29, 1.82) is 0 Å². The van der Waals surface area contributed by atoms with Gasteiger partial charge in [0.15, 0.2) is 5.82 Å². The van der Waals surface area contributed by atoms with E-state index in [1.165, 1.54) is 18.3 Å². The number of nitrogens with zero attached hydrogens (tertiary/aromatic N) is 3. The lowest BCUT2D eigenvalue weighted by molar-refractivity contribution is -0.137. The molecule has 2 heterocycles. The zero-order chi connectivity index (χ0) is 23.1. The molecule has 1 aromatic heterocycles. The van der Waals surface area contributed by atoms with E-state index >= 15 is 0 Å². The number of carbonyl (C=O) groups is 1.